The molecular weight excluding hydrogens is 434 g/mol. The van der Waals surface area contributed by atoms with Crippen molar-refractivity contribution in [3.63, 3.8) is 0 Å². The summed E-state index contributed by atoms with van der Waals surface area (Å²) in [6, 6.07) is 26.2. The first kappa shape index (κ1) is 26.8. The molecule has 1 nitrogen and oxygen atoms in total. The Labute approximate surface area is 218 Å². The van der Waals surface area contributed by atoms with Gasteiger partial charge >= 0.3 is 0 Å². The van der Waals surface area contributed by atoms with E-state index in [0.717, 1.165) is 43.2 Å². The summed E-state index contributed by atoms with van der Waals surface area (Å²) in [6.45, 7) is 12.8. The van der Waals surface area contributed by atoms with Crippen LogP contribution in [0.3, 0.4) is 0 Å². The van der Waals surface area contributed by atoms with E-state index < -0.39 is 0 Å². The van der Waals surface area contributed by atoms with E-state index in [4.69, 9.17) is 6.42 Å². The van der Waals surface area contributed by atoms with Gasteiger partial charge in [0.1, 0.15) is 0 Å². The second-order valence-electron chi connectivity index (χ2n) is 10.6. The first-order valence-corrected chi connectivity index (χ1v) is 12.7. The molecule has 0 aliphatic rings. The van der Waals surface area contributed by atoms with Crippen LogP contribution >= 0.6 is 0 Å². The van der Waals surface area contributed by atoms with Crippen molar-refractivity contribution in [2.45, 2.75) is 59.8 Å². The van der Waals surface area contributed by atoms with E-state index in [1.807, 2.05) is 0 Å². The lowest BCUT2D eigenvalue weighted by Gasteiger charge is -2.22. The van der Waals surface area contributed by atoms with Gasteiger partial charge in [0.25, 0.3) is 0 Å². The monoisotopic (exact) mass is 471 g/mol. The lowest BCUT2D eigenvalue weighted by molar-refractivity contribution is 0.546. The Bertz CT molecular complexity index is 1320. The molecule has 0 saturated carbocycles. The summed E-state index contributed by atoms with van der Waals surface area (Å²) < 4.78 is 0. The summed E-state index contributed by atoms with van der Waals surface area (Å²) in [7, 11) is 0. The van der Waals surface area contributed by atoms with Gasteiger partial charge < -0.3 is 0 Å². The molecule has 0 radical (unpaired) electrons. The fourth-order valence-corrected chi connectivity index (χ4v) is 4.63. The smallest absolute Gasteiger partial charge is 0.0991 e. The molecule has 1 heteroatoms. The van der Waals surface area contributed by atoms with Crippen LogP contribution in [-0.2, 0) is 19.3 Å². The molecule has 0 heterocycles. The number of rotatable bonds is 9. The highest BCUT2D eigenvalue weighted by atomic mass is 14.3. The largest absolute Gasteiger partial charge is 0.192 e. The Hall–Kier alpha value is -3.81. The molecule has 3 aromatic carbocycles. The maximum Gasteiger partial charge on any atom is 0.0991 e. The minimum Gasteiger partial charge on any atom is -0.192 e. The van der Waals surface area contributed by atoms with Crippen molar-refractivity contribution >= 4 is 5.57 Å². The molecule has 182 valence electrons. The highest BCUT2D eigenvalue weighted by molar-refractivity contribution is 5.92. The van der Waals surface area contributed by atoms with Crippen molar-refractivity contribution in [1.29, 1.82) is 5.26 Å². The van der Waals surface area contributed by atoms with E-state index in [-0.39, 0.29) is 5.41 Å². The normalized spacial score (nSPS) is 11.6. The van der Waals surface area contributed by atoms with Crippen LogP contribution in [0.15, 0.2) is 85.0 Å². The number of hydrogen-bond donors (Lipinski definition) is 0. The van der Waals surface area contributed by atoms with Crippen LogP contribution in [0.2, 0.25) is 0 Å². The molecule has 0 bridgehead atoms. The van der Waals surface area contributed by atoms with E-state index in [1.165, 1.54) is 33.4 Å². The topological polar surface area (TPSA) is 23.8 Å². The molecule has 3 aromatic rings. The van der Waals surface area contributed by atoms with Crippen LogP contribution in [0.5, 0.6) is 0 Å². The highest BCUT2D eigenvalue weighted by Crippen LogP contribution is 2.38. The molecular formula is C35H37N. The second-order valence-corrected chi connectivity index (χ2v) is 10.6. The summed E-state index contributed by atoms with van der Waals surface area (Å²) in [5.41, 5.74) is 9.82. The van der Waals surface area contributed by atoms with Crippen LogP contribution in [0.4, 0.5) is 0 Å². The predicted molar refractivity (Wildman–Crippen MR) is 154 cm³/mol. The van der Waals surface area contributed by atoms with Crippen LogP contribution < -0.4 is 0 Å². The van der Waals surface area contributed by atoms with Crippen LogP contribution in [0, 0.1) is 36.0 Å². The van der Waals surface area contributed by atoms with E-state index in [2.05, 4.69) is 119 Å². The van der Waals surface area contributed by atoms with Crippen LogP contribution in [-0.4, -0.2) is 0 Å². The van der Waals surface area contributed by atoms with Crippen molar-refractivity contribution in [2.75, 3.05) is 0 Å². The van der Waals surface area contributed by atoms with Crippen molar-refractivity contribution in [3.8, 4) is 29.5 Å². The number of terminal acetylenes is 1. The van der Waals surface area contributed by atoms with Gasteiger partial charge in [-0.25, -0.2) is 0 Å². The Morgan fingerprint density at radius 1 is 0.917 bits per heavy atom. The van der Waals surface area contributed by atoms with Crippen LogP contribution in [0.1, 0.15) is 61.4 Å². The first-order valence-electron chi connectivity index (χ1n) is 12.7. The van der Waals surface area contributed by atoms with E-state index in [1.54, 1.807) is 0 Å². The van der Waals surface area contributed by atoms with E-state index >= 15 is 0 Å². The molecule has 0 saturated heterocycles. The lowest BCUT2D eigenvalue weighted by atomic mass is 9.82. The zero-order chi connectivity index (χ0) is 26.1. The average molecular weight is 472 g/mol. The number of benzene rings is 3. The van der Waals surface area contributed by atoms with E-state index in [0.29, 0.717) is 5.57 Å². The van der Waals surface area contributed by atoms with Crippen molar-refractivity contribution in [3.05, 3.63) is 113 Å². The lowest BCUT2D eigenvalue weighted by Crippen LogP contribution is -2.05. The third kappa shape index (κ3) is 7.34. The molecule has 0 spiro atoms. The number of hydrogen-bond acceptors (Lipinski definition) is 1. The van der Waals surface area contributed by atoms with Gasteiger partial charge in [-0.05, 0) is 82.5 Å². The average Bonchev–Trinajstić information content (AvgIpc) is 2.85. The number of unbranched alkanes of at least 4 members (excludes halogenated alkanes) is 1. The minimum absolute atomic E-state index is 0.0998. The molecule has 36 heavy (non-hydrogen) atoms. The number of aryl methyl sites for hydroxylation is 4. The summed E-state index contributed by atoms with van der Waals surface area (Å²) in [5.74, 6) is 2.74. The molecule has 0 atom stereocenters. The Kier molecular flexibility index (Phi) is 9.11. The van der Waals surface area contributed by atoms with E-state index in [9.17, 15) is 5.26 Å². The molecule has 0 aromatic heterocycles. The van der Waals surface area contributed by atoms with Crippen molar-refractivity contribution < 1.29 is 0 Å². The Balaban J connectivity index is 2.15. The zero-order valence-electron chi connectivity index (χ0n) is 22.2. The predicted octanol–water partition coefficient (Wildman–Crippen LogP) is 8.91. The summed E-state index contributed by atoms with van der Waals surface area (Å²) in [4.78, 5) is 0. The number of nitriles is 1. The fourth-order valence-electron chi connectivity index (χ4n) is 4.63. The maximum absolute atomic E-state index is 9.87. The second kappa shape index (κ2) is 12.2. The van der Waals surface area contributed by atoms with Gasteiger partial charge in [0.15, 0.2) is 0 Å². The van der Waals surface area contributed by atoms with Gasteiger partial charge in [-0.1, -0.05) is 100 Å². The SMILES string of the molecule is C#CCCCc1cccc(-c2c(C)cc(CCc3ccccc3)cc2/C(=C/C(C)(C)C)C(=C)C#N)c1. The third-order valence-electron chi connectivity index (χ3n) is 6.27. The minimum atomic E-state index is -0.0998. The summed E-state index contributed by atoms with van der Waals surface area (Å²) >= 11 is 0. The molecule has 0 N–H and O–H groups in total. The molecule has 0 amide bonds. The van der Waals surface area contributed by atoms with Gasteiger partial charge in [0.05, 0.1) is 11.6 Å². The zero-order valence-corrected chi connectivity index (χ0v) is 22.2. The Morgan fingerprint density at radius 3 is 2.28 bits per heavy atom. The highest BCUT2D eigenvalue weighted by Gasteiger charge is 2.19. The standard InChI is InChI=1S/C35H37N/c1-7-8-10-16-29-17-13-18-31(22-29)34-26(2)21-30(20-19-28-14-11-9-12-15-28)23-32(34)33(27(3)25-36)24-35(4,5)6/h1,9,11-15,17-18,21-24H,3,8,10,16,19-20H2,2,4-6H3/b33-24+. The van der Waals surface area contributed by atoms with Gasteiger partial charge in [0.2, 0.25) is 0 Å². The summed E-state index contributed by atoms with van der Waals surface area (Å²) in [5, 5.41) is 9.87. The Morgan fingerprint density at radius 2 is 1.61 bits per heavy atom. The van der Waals surface area contributed by atoms with Gasteiger partial charge in [-0.15, -0.1) is 12.3 Å². The molecule has 0 fully saturated rings. The molecule has 0 unspecified atom stereocenters. The maximum atomic E-state index is 9.87. The molecule has 3 rings (SSSR count). The van der Waals surface area contributed by atoms with Crippen molar-refractivity contribution in [2.24, 2.45) is 5.41 Å². The number of nitrogens with zero attached hydrogens (tertiary/aromatic N) is 1. The summed E-state index contributed by atoms with van der Waals surface area (Å²) in [6.07, 6.45) is 12.3. The van der Waals surface area contributed by atoms with Gasteiger partial charge in [0, 0.05) is 6.42 Å². The van der Waals surface area contributed by atoms with Gasteiger partial charge in [-0.3, -0.25) is 0 Å². The molecule has 0 aliphatic carbocycles. The van der Waals surface area contributed by atoms with Gasteiger partial charge in [-0.2, -0.15) is 5.26 Å². The molecule has 0 aliphatic heterocycles. The number of allylic oxidation sites excluding steroid dienone is 3. The quantitative estimate of drug-likeness (QED) is 0.132. The third-order valence-corrected chi connectivity index (χ3v) is 6.27. The first-order chi connectivity index (χ1) is 17.2. The fraction of sp³-hybridized carbons (Fsp3) is 0.286. The van der Waals surface area contributed by atoms with Crippen LogP contribution in [0.25, 0.3) is 16.7 Å². The van der Waals surface area contributed by atoms with Crippen molar-refractivity contribution in [1.82, 2.24) is 0 Å².